The largest absolute Gasteiger partial charge is 0.463 e. The van der Waals surface area contributed by atoms with Gasteiger partial charge in [-0.2, -0.15) is 0 Å². The number of imidazole rings is 1. The van der Waals surface area contributed by atoms with Crippen molar-refractivity contribution in [2.75, 3.05) is 6.61 Å². The summed E-state index contributed by atoms with van der Waals surface area (Å²) in [6.45, 7) is 3.52. The van der Waals surface area contributed by atoms with Crippen molar-refractivity contribution in [3.63, 3.8) is 0 Å². The Morgan fingerprint density at radius 2 is 1.78 bits per heavy atom. The number of ether oxygens (including phenoxy) is 4. The highest BCUT2D eigenvalue weighted by molar-refractivity contribution is 5.70. The van der Waals surface area contributed by atoms with E-state index >= 15 is 0 Å². The Labute approximate surface area is 153 Å². The van der Waals surface area contributed by atoms with Gasteiger partial charge in [0, 0.05) is 20.8 Å². The number of hydrogen-bond acceptors (Lipinski definition) is 10. The Hall–Kier alpha value is -3.08. The Morgan fingerprint density at radius 1 is 1.07 bits per heavy atom. The van der Waals surface area contributed by atoms with Crippen LogP contribution in [-0.4, -0.2) is 62.3 Å². The second-order valence-electron chi connectivity index (χ2n) is 5.90. The summed E-state index contributed by atoms with van der Waals surface area (Å²) in [7, 11) is 0. The molecule has 0 amide bonds. The molecule has 1 unspecified atom stereocenters. The molecule has 0 radical (unpaired) electrons. The Kier molecular flexibility index (Phi) is 5.31. The molecule has 4 atom stereocenters. The topological polar surface area (TPSA) is 132 Å². The number of esters is 3. The molecule has 0 N–H and O–H groups in total. The van der Waals surface area contributed by atoms with E-state index in [9.17, 15) is 14.4 Å². The van der Waals surface area contributed by atoms with E-state index in [1.165, 1.54) is 39.6 Å². The predicted octanol–water partition coefficient (Wildman–Crippen LogP) is 0.150. The molecule has 0 spiro atoms. The van der Waals surface area contributed by atoms with Gasteiger partial charge in [-0.1, -0.05) is 0 Å². The molecule has 3 heterocycles. The summed E-state index contributed by atoms with van der Waals surface area (Å²) in [6.07, 6.45) is 0.629. The minimum atomic E-state index is -0.987. The molecule has 27 heavy (non-hydrogen) atoms. The molecule has 2 aromatic heterocycles. The van der Waals surface area contributed by atoms with Gasteiger partial charge in [0.1, 0.15) is 24.6 Å². The third-order valence-electron chi connectivity index (χ3n) is 3.85. The van der Waals surface area contributed by atoms with Gasteiger partial charge in [-0.05, 0) is 0 Å². The third kappa shape index (κ3) is 4.03. The molecule has 0 bridgehead atoms. The molecule has 0 aromatic carbocycles. The van der Waals surface area contributed by atoms with E-state index in [0.717, 1.165) is 0 Å². The lowest BCUT2D eigenvalue weighted by Crippen LogP contribution is -2.40. The fraction of sp³-hybridized carbons (Fsp3) is 0.500. The van der Waals surface area contributed by atoms with Crippen molar-refractivity contribution in [2.24, 2.45) is 0 Å². The van der Waals surface area contributed by atoms with Crippen molar-refractivity contribution < 1.29 is 33.3 Å². The molecule has 1 fully saturated rings. The van der Waals surface area contributed by atoms with E-state index in [2.05, 4.69) is 15.0 Å². The molecule has 11 nitrogen and oxygen atoms in total. The van der Waals surface area contributed by atoms with Crippen molar-refractivity contribution in [1.82, 2.24) is 19.5 Å². The maximum absolute atomic E-state index is 11.6. The van der Waals surface area contributed by atoms with Crippen LogP contribution in [0.4, 0.5) is 0 Å². The van der Waals surface area contributed by atoms with E-state index in [0.29, 0.717) is 11.2 Å². The SMILES string of the molecule is CC(=O)OC[C@H]1OC(n2cnc3cncnc32)[C@H](OC(C)=O)[C@@H]1OC(C)=O. The molecule has 0 aliphatic carbocycles. The fourth-order valence-electron chi connectivity index (χ4n) is 2.89. The molecule has 11 heteroatoms. The first kappa shape index (κ1) is 18.7. The van der Waals surface area contributed by atoms with Gasteiger partial charge < -0.3 is 18.9 Å². The molecule has 1 saturated heterocycles. The standard InChI is InChI=1S/C16H18N4O7/c1-8(21)24-5-12-13(25-9(2)22)14(26-10(3)23)16(27-12)20-7-19-11-4-17-6-18-15(11)20/h4,6-7,12-14,16H,5H2,1-3H3/t12-,13-,14-,16?/m1/s1. The quantitative estimate of drug-likeness (QED) is 0.523. The highest BCUT2D eigenvalue weighted by Gasteiger charge is 2.51. The predicted molar refractivity (Wildman–Crippen MR) is 87.0 cm³/mol. The van der Waals surface area contributed by atoms with E-state index in [4.69, 9.17) is 18.9 Å². The highest BCUT2D eigenvalue weighted by atomic mass is 16.7. The van der Waals surface area contributed by atoms with Crippen molar-refractivity contribution in [3.8, 4) is 0 Å². The molecule has 0 saturated carbocycles. The summed E-state index contributed by atoms with van der Waals surface area (Å²) in [4.78, 5) is 46.6. The van der Waals surface area contributed by atoms with Crippen molar-refractivity contribution in [3.05, 3.63) is 18.9 Å². The summed E-state index contributed by atoms with van der Waals surface area (Å²) in [6, 6.07) is 0. The van der Waals surface area contributed by atoms with Gasteiger partial charge in [0.15, 0.2) is 24.1 Å². The minimum absolute atomic E-state index is 0.177. The van der Waals surface area contributed by atoms with E-state index < -0.39 is 42.4 Å². The lowest BCUT2D eigenvalue weighted by molar-refractivity contribution is -0.166. The molecular weight excluding hydrogens is 360 g/mol. The first-order chi connectivity index (χ1) is 12.9. The summed E-state index contributed by atoms with van der Waals surface area (Å²) >= 11 is 0. The summed E-state index contributed by atoms with van der Waals surface area (Å²) in [5.74, 6) is -1.70. The van der Waals surface area contributed by atoms with Crippen LogP contribution in [0.2, 0.25) is 0 Å². The van der Waals surface area contributed by atoms with Gasteiger partial charge in [-0.3, -0.25) is 19.0 Å². The lowest BCUT2D eigenvalue weighted by atomic mass is 10.1. The Balaban J connectivity index is 1.98. The molecular formula is C16H18N4O7. The number of hydrogen-bond donors (Lipinski definition) is 0. The number of carbonyl (C=O) groups is 3. The second kappa shape index (κ2) is 7.66. The van der Waals surface area contributed by atoms with Gasteiger partial charge in [-0.15, -0.1) is 0 Å². The number of fused-ring (bicyclic) bond motifs is 1. The highest BCUT2D eigenvalue weighted by Crippen LogP contribution is 2.35. The van der Waals surface area contributed by atoms with Crippen molar-refractivity contribution in [1.29, 1.82) is 0 Å². The Morgan fingerprint density at radius 3 is 2.44 bits per heavy atom. The second-order valence-corrected chi connectivity index (χ2v) is 5.90. The van der Waals surface area contributed by atoms with Gasteiger partial charge in [-0.25, -0.2) is 15.0 Å². The summed E-state index contributed by atoms with van der Waals surface area (Å²) in [5.41, 5.74) is 0.956. The molecule has 3 rings (SSSR count). The van der Waals surface area contributed by atoms with Crippen LogP contribution < -0.4 is 0 Å². The van der Waals surface area contributed by atoms with E-state index in [-0.39, 0.29) is 6.61 Å². The lowest BCUT2D eigenvalue weighted by Gasteiger charge is -2.23. The molecule has 2 aromatic rings. The van der Waals surface area contributed by atoms with Crippen LogP contribution in [0.5, 0.6) is 0 Å². The van der Waals surface area contributed by atoms with Crippen molar-refractivity contribution in [2.45, 2.75) is 45.3 Å². The van der Waals surface area contributed by atoms with Crippen LogP contribution in [0, 0.1) is 0 Å². The normalized spacial score (nSPS) is 24.6. The zero-order chi connectivity index (χ0) is 19.6. The van der Waals surface area contributed by atoms with Crippen LogP contribution in [0.3, 0.4) is 0 Å². The fourth-order valence-corrected chi connectivity index (χ4v) is 2.89. The monoisotopic (exact) mass is 378 g/mol. The van der Waals surface area contributed by atoms with Crippen molar-refractivity contribution >= 4 is 29.1 Å². The average Bonchev–Trinajstić information content (AvgIpc) is 3.15. The first-order valence-electron chi connectivity index (χ1n) is 8.12. The van der Waals surface area contributed by atoms with Gasteiger partial charge in [0.25, 0.3) is 0 Å². The summed E-state index contributed by atoms with van der Waals surface area (Å²) < 4.78 is 23.2. The van der Waals surface area contributed by atoms with Crippen LogP contribution >= 0.6 is 0 Å². The maximum atomic E-state index is 11.6. The van der Waals surface area contributed by atoms with E-state index in [1.54, 1.807) is 4.57 Å². The van der Waals surface area contributed by atoms with Gasteiger partial charge in [0.2, 0.25) is 0 Å². The van der Waals surface area contributed by atoms with Crippen LogP contribution in [-0.2, 0) is 33.3 Å². The molecule has 144 valence electrons. The van der Waals surface area contributed by atoms with E-state index in [1.807, 2.05) is 0 Å². The Bertz CT molecular complexity index is 867. The maximum Gasteiger partial charge on any atom is 0.303 e. The zero-order valence-corrected chi connectivity index (χ0v) is 14.9. The summed E-state index contributed by atoms with van der Waals surface area (Å²) in [5, 5.41) is 0. The van der Waals surface area contributed by atoms with Crippen LogP contribution in [0.1, 0.15) is 27.0 Å². The first-order valence-corrected chi connectivity index (χ1v) is 8.12. The van der Waals surface area contributed by atoms with Gasteiger partial charge in [0.05, 0.1) is 12.5 Å². The smallest absolute Gasteiger partial charge is 0.303 e. The molecule has 1 aliphatic heterocycles. The van der Waals surface area contributed by atoms with Gasteiger partial charge >= 0.3 is 17.9 Å². The van der Waals surface area contributed by atoms with Crippen LogP contribution in [0.15, 0.2) is 18.9 Å². The third-order valence-corrected chi connectivity index (χ3v) is 3.85. The minimum Gasteiger partial charge on any atom is -0.463 e. The number of carbonyl (C=O) groups excluding carboxylic acids is 3. The number of rotatable bonds is 5. The average molecular weight is 378 g/mol. The number of aromatic nitrogens is 4. The van der Waals surface area contributed by atoms with Crippen LogP contribution in [0.25, 0.3) is 11.2 Å². The molecule has 1 aliphatic rings. The zero-order valence-electron chi connectivity index (χ0n) is 14.9. The number of nitrogens with zero attached hydrogens (tertiary/aromatic N) is 4.